The molecule has 4 nitrogen and oxygen atoms in total. The molecule has 2 aliphatic rings. The van der Waals surface area contributed by atoms with Crippen LogP contribution in [0.5, 0.6) is 0 Å². The second-order valence-electron chi connectivity index (χ2n) is 14.5. The third kappa shape index (κ3) is 17.7. The van der Waals surface area contributed by atoms with E-state index in [-0.39, 0.29) is 20.3 Å². The van der Waals surface area contributed by atoms with Gasteiger partial charge >= 0.3 is 0 Å². The second-order valence-corrected chi connectivity index (χ2v) is 15.6. The van der Waals surface area contributed by atoms with Crippen LogP contribution in [0.15, 0.2) is 45.8 Å². The van der Waals surface area contributed by atoms with E-state index in [9.17, 15) is 0 Å². The molecule has 1 saturated heterocycles. The van der Waals surface area contributed by atoms with Crippen molar-refractivity contribution in [2.45, 2.75) is 156 Å². The minimum atomic E-state index is 0. The van der Waals surface area contributed by atoms with Crippen LogP contribution in [-0.2, 0) is 15.9 Å². The highest BCUT2D eigenvalue weighted by atomic mass is 32.1. The first-order valence-corrected chi connectivity index (χ1v) is 16.9. The number of nitrogens with zero attached hydrogens (tertiary/aromatic N) is 2. The van der Waals surface area contributed by atoms with Crippen molar-refractivity contribution in [3.8, 4) is 0 Å². The first-order chi connectivity index (χ1) is 19.4. The van der Waals surface area contributed by atoms with Crippen LogP contribution in [-0.4, -0.2) is 42.2 Å². The third-order valence-electron chi connectivity index (χ3n) is 7.27. The number of thiophene rings is 1. The molecule has 0 saturated carbocycles. The molecular formula is C39H72N2O2S. The van der Waals surface area contributed by atoms with E-state index >= 15 is 0 Å². The summed E-state index contributed by atoms with van der Waals surface area (Å²) in [6.45, 7) is 33.4. The molecule has 44 heavy (non-hydrogen) atoms. The van der Waals surface area contributed by atoms with E-state index in [1.807, 2.05) is 11.3 Å². The summed E-state index contributed by atoms with van der Waals surface area (Å²) in [6.07, 6.45) is 5.47. The topological polar surface area (TPSA) is 35.8 Å². The molecule has 2 aromatic heterocycles. The van der Waals surface area contributed by atoms with E-state index in [0.717, 1.165) is 32.6 Å². The largest absolute Gasteiger partial charge is 0.381 e. The average Bonchev–Trinajstić information content (AvgIpc) is 3.59. The van der Waals surface area contributed by atoms with Crippen molar-refractivity contribution in [1.29, 1.82) is 0 Å². The maximum atomic E-state index is 5.61. The van der Waals surface area contributed by atoms with Gasteiger partial charge in [0.15, 0.2) is 0 Å². The molecule has 2 aromatic rings. The van der Waals surface area contributed by atoms with Crippen LogP contribution in [0.3, 0.4) is 0 Å². The third-order valence-corrected chi connectivity index (χ3v) is 8.20. The number of hydrogen-bond acceptors (Lipinski definition) is 4. The summed E-state index contributed by atoms with van der Waals surface area (Å²) in [5.74, 6) is 0. The van der Waals surface area contributed by atoms with Gasteiger partial charge in [-0.1, -0.05) is 62.5 Å². The van der Waals surface area contributed by atoms with Crippen molar-refractivity contribution >= 4 is 17.0 Å². The fraction of sp³-hybridized carbons (Fsp3) is 0.718. The van der Waals surface area contributed by atoms with E-state index in [2.05, 4.69) is 136 Å². The molecule has 0 atom stereocenters. The lowest BCUT2D eigenvalue weighted by molar-refractivity contribution is -0.0563. The predicted molar refractivity (Wildman–Crippen MR) is 200 cm³/mol. The van der Waals surface area contributed by atoms with Crippen LogP contribution in [0.25, 0.3) is 0 Å². The zero-order chi connectivity index (χ0) is 32.1. The number of hydrogen-bond donors (Lipinski definition) is 0. The summed E-state index contributed by atoms with van der Waals surface area (Å²) in [6, 6.07) is 9.26. The smallest absolute Gasteiger partial charge is 0.0622 e. The van der Waals surface area contributed by atoms with E-state index < -0.39 is 0 Å². The quantitative estimate of drug-likeness (QED) is 0.329. The van der Waals surface area contributed by atoms with Crippen molar-refractivity contribution in [2.24, 2.45) is 15.8 Å². The Bertz CT molecular complexity index is 1050. The lowest BCUT2D eigenvalue weighted by Crippen LogP contribution is -2.25. The van der Waals surface area contributed by atoms with Gasteiger partial charge in [0.1, 0.15) is 0 Å². The lowest BCUT2D eigenvalue weighted by Gasteiger charge is -2.24. The zero-order valence-corrected chi connectivity index (χ0v) is 30.5. The van der Waals surface area contributed by atoms with Crippen molar-refractivity contribution in [3.05, 3.63) is 57.1 Å². The molecule has 256 valence electrons. The first-order valence-electron chi connectivity index (χ1n) is 16.0. The Morgan fingerprint density at radius 3 is 1.77 bits per heavy atom. The molecule has 2 aliphatic heterocycles. The minimum absolute atomic E-state index is 0. The highest BCUT2D eigenvalue weighted by molar-refractivity contribution is 7.09. The lowest BCUT2D eigenvalue weighted by atomic mass is 9.82. The number of aliphatic imine (C=N–C) groups is 1. The van der Waals surface area contributed by atoms with Gasteiger partial charge in [0, 0.05) is 41.2 Å². The van der Waals surface area contributed by atoms with Gasteiger partial charge < -0.3 is 14.0 Å². The van der Waals surface area contributed by atoms with Gasteiger partial charge in [-0.25, -0.2) is 0 Å². The number of allylic oxidation sites excluding steroid dienone is 1. The Hall–Kier alpha value is -1.69. The van der Waals surface area contributed by atoms with Crippen LogP contribution < -0.4 is 0 Å². The molecule has 0 N–H and O–H groups in total. The SMILES string of the molecule is C.C.CC(C)(C)CCc1cccs1.CC(C)OC1CCOCC1.CC1=NCC(C)=C1C(C)(C)C.Cc1ccc(C)n1C(C)C. The van der Waals surface area contributed by atoms with Crippen LogP contribution >= 0.6 is 11.3 Å². The Morgan fingerprint density at radius 1 is 0.909 bits per heavy atom. The van der Waals surface area contributed by atoms with Crippen molar-refractivity contribution < 1.29 is 9.47 Å². The van der Waals surface area contributed by atoms with Crippen molar-refractivity contribution in [1.82, 2.24) is 4.57 Å². The summed E-state index contributed by atoms with van der Waals surface area (Å²) in [7, 11) is 0. The van der Waals surface area contributed by atoms with Crippen molar-refractivity contribution in [3.63, 3.8) is 0 Å². The van der Waals surface area contributed by atoms with Gasteiger partial charge in [-0.3, -0.25) is 4.99 Å². The van der Waals surface area contributed by atoms with Gasteiger partial charge in [0.05, 0.1) is 18.8 Å². The van der Waals surface area contributed by atoms with E-state index in [0.29, 0.717) is 23.7 Å². The monoisotopic (exact) mass is 633 g/mol. The maximum Gasteiger partial charge on any atom is 0.0622 e. The average molecular weight is 633 g/mol. The number of rotatable bonds is 5. The summed E-state index contributed by atoms with van der Waals surface area (Å²) in [5, 5.41) is 2.15. The van der Waals surface area contributed by atoms with Gasteiger partial charge in [0.2, 0.25) is 0 Å². The minimum Gasteiger partial charge on any atom is -0.381 e. The van der Waals surface area contributed by atoms with E-state index in [1.165, 1.54) is 46.0 Å². The standard InChI is InChI=1S/C10H17N.C10H16S.C9H15N.C8H16O2.2CH4/c1-7-6-11-8(2)9(7)10(3,4)5;1-10(2,3)7-6-9-5-4-8-11-9;1-7(2)10-8(3)5-6-9(10)4;1-7(2)10-8-3-5-9-6-4-8;;/h6H2,1-5H3;4-5,8H,6-7H2,1-3H3;5-7H,1-4H3;7-8H,3-6H2,1-2H3;2*1H4. The highest BCUT2D eigenvalue weighted by Crippen LogP contribution is 2.32. The summed E-state index contributed by atoms with van der Waals surface area (Å²) in [5.41, 5.74) is 7.58. The van der Waals surface area contributed by atoms with Crippen LogP contribution in [0.2, 0.25) is 0 Å². The molecular weight excluding hydrogens is 561 g/mol. The Kier molecular flexibility index (Phi) is 21.4. The molecule has 0 unspecified atom stereocenters. The molecule has 0 radical (unpaired) electrons. The fourth-order valence-electron chi connectivity index (χ4n) is 5.53. The summed E-state index contributed by atoms with van der Waals surface area (Å²) in [4.78, 5) is 5.92. The molecule has 1 fully saturated rings. The molecule has 4 heterocycles. The van der Waals surface area contributed by atoms with Crippen LogP contribution in [0.1, 0.15) is 140 Å². The molecule has 0 spiro atoms. The Labute approximate surface area is 278 Å². The van der Waals surface area contributed by atoms with Crippen LogP contribution in [0, 0.1) is 24.7 Å². The molecule has 0 bridgehead atoms. The summed E-state index contributed by atoms with van der Waals surface area (Å²) >= 11 is 1.86. The number of ether oxygens (including phenoxy) is 2. The summed E-state index contributed by atoms with van der Waals surface area (Å²) < 4.78 is 13.1. The predicted octanol–water partition coefficient (Wildman–Crippen LogP) is 12.1. The number of aromatic nitrogens is 1. The van der Waals surface area contributed by atoms with Crippen molar-refractivity contribution in [2.75, 3.05) is 19.8 Å². The molecule has 0 aliphatic carbocycles. The fourth-order valence-corrected chi connectivity index (χ4v) is 6.24. The zero-order valence-electron chi connectivity index (χ0n) is 29.7. The highest BCUT2D eigenvalue weighted by Gasteiger charge is 2.24. The van der Waals surface area contributed by atoms with Gasteiger partial charge in [-0.15, -0.1) is 11.3 Å². The first kappa shape index (κ1) is 44.4. The van der Waals surface area contributed by atoms with E-state index in [1.54, 1.807) is 0 Å². The van der Waals surface area contributed by atoms with Gasteiger partial charge in [-0.2, -0.15) is 0 Å². The van der Waals surface area contributed by atoms with Gasteiger partial charge in [-0.05, 0) is 127 Å². The Morgan fingerprint density at radius 2 is 1.45 bits per heavy atom. The Balaban J connectivity index is 0. The molecule has 0 aromatic carbocycles. The maximum absolute atomic E-state index is 5.61. The molecule has 4 rings (SSSR count). The van der Waals surface area contributed by atoms with Gasteiger partial charge in [0.25, 0.3) is 0 Å². The van der Waals surface area contributed by atoms with E-state index in [4.69, 9.17) is 9.47 Å². The second kappa shape index (κ2) is 21.2. The number of aryl methyl sites for hydroxylation is 3. The van der Waals surface area contributed by atoms with Crippen LogP contribution in [0.4, 0.5) is 0 Å². The molecule has 0 amide bonds. The normalized spacial score (nSPS) is 15.2. The molecule has 5 heteroatoms.